The lowest BCUT2D eigenvalue weighted by atomic mass is 10.1. The van der Waals surface area contributed by atoms with Gasteiger partial charge in [0.1, 0.15) is 6.04 Å². The second-order valence-electron chi connectivity index (χ2n) is 4.50. The van der Waals surface area contributed by atoms with Crippen LogP contribution in [0.15, 0.2) is 24.3 Å². The predicted octanol–water partition coefficient (Wildman–Crippen LogP) is 0.563. The van der Waals surface area contributed by atoms with Crippen LogP contribution in [-0.4, -0.2) is 42.4 Å². The molecule has 0 bridgehead atoms. The summed E-state index contributed by atoms with van der Waals surface area (Å²) >= 11 is 0. The van der Waals surface area contributed by atoms with Crippen molar-refractivity contribution in [3.05, 3.63) is 35.4 Å². The molecule has 1 aromatic carbocycles. The fourth-order valence-corrected chi connectivity index (χ4v) is 2.29. The Morgan fingerprint density at radius 2 is 1.80 bits per heavy atom. The predicted molar refractivity (Wildman–Crippen MR) is 71.0 cm³/mol. The molecule has 0 saturated carbocycles. The molecule has 0 aliphatic carbocycles. The highest BCUT2D eigenvalue weighted by atomic mass is 16.5. The summed E-state index contributed by atoms with van der Waals surface area (Å²) in [6.45, 7) is 0.372. The van der Waals surface area contributed by atoms with Gasteiger partial charge in [-0.3, -0.25) is 14.5 Å². The molecule has 0 radical (unpaired) electrons. The molecular weight excluding hydrogens is 260 g/mol. The Hall–Kier alpha value is -2.21. The first-order valence-electron chi connectivity index (χ1n) is 6.36. The van der Waals surface area contributed by atoms with Gasteiger partial charge in [0, 0.05) is 0 Å². The molecule has 1 heterocycles. The monoisotopic (exact) mass is 276 g/mol. The average Bonchev–Trinajstić information content (AvgIpc) is 2.73. The highest BCUT2D eigenvalue weighted by Crippen LogP contribution is 2.26. The zero-order chi connectivity index (χ0) is 14.7. The molecule has 106 valence electrons. The van der Waals surface area contributed by atoms with E-state index < -0.39 is 23.8 Å². The van der Waals surface area contributed by atoms with Gasteiger partial charge in [-0.25, -0.2) is 4.79 Å². The van der Waals surface area contributed by atoms with E-state index in [0.717, 1.165) is 4.90 Å². The third kappa shape index (κ3) is 2.30. The number of carbonyl (C=O) groups excluding carboxylic acids is 3. The number of benzene rings is 1. The summed E-state index contributed by atoms with van der Waals surface area (Å²) in [5.74, 6) is -1.52. The van der Waals surface area contributed by atoms with Gasteiger partial charge >= 0.3 is 5.97 Å². The quantitative estimate of drug-likeness (QED) is 0.627. The van der Waals surface area contributed by atoms with E-state index in [0.29, 0.717) is 30.5 Å². The van der Waals surface area contributed by atoms with Crippen LogP contribution in [0.5, 0.6) is 0 Å². The number of fused-ring (bicyclic) bond motifs is 1. The maximum Gasteiger partial charge on any atom is 0.329 e. The van der Waals surface area contributed by atoms with E-state index in [2.05, 4.69) is 0 Å². The molecule has 2 amide bonds. The molecule has 0 fully saturated rings. The van der Waals surface area contributed by atoms with Crippen molar-refractivity contribution in [2.24, 2.45) is 5.73 Å². The minimum Gasteiger partial charge on any atom is -0.467 e. The second-order valence-corrected chi connectivity index (χ2v) is 4.50. The number of rotatable bonds is 5. The summed E-state index contributed by atoms with van der Waals surface area (Å²) in [5.41, 5.74) is 6.07. The number of ether oxygens (including phenoxy) is 1. The van der Waals surface area contributed by atoms with Crippen LogP contribution in [0, 0.1) is 0 Å². The van der Waals surface area contributed by atoms with Crippen molar-refractivity contribution >= 4 is 17.8 Å². The lowest BCUT2D eigenvalue weighted by molar-refractivity contribution is -0.145. The van der Waals surface area contributed by atoms with Crippen molar-refractivity contribution in [2.75, 3.05) is 13.7 Å². The molecule has 0 saturated heterocycles. The third-order valence-electron chi connectivity index (χ3n) is 3.29. The average molecular weight is 276 g/mol. The van der Waals surface area contributed by atoms with Crippen molar-refractivity contribution in [3.63, 3.8) is 0 Å². The molecule has 1 aliphatic heterocycles. The molecule has 20 heavy (non-hydrogen) atoms. The van der Waals surface area contributed by atoms with Gasteiger partial charge in [-0.15, -0.1) is 0 Å². The first-order chi connectivity index (χ1) is 9.61. The minimum absolute atomic E-state index is 0.300. The summed E-state index contributed by atoms with van der Waals surface area (Å²) in [6.07, 6.45) is 0.821. The number of methoxy groups -OCH3 is 1. The smallest absolute Gasteiger partial charge is 0.329 e. The molecule has 1 atom stereocenters. The zero-order valence-corrected chi connectivity index (χ0v) is 11.2. The van der Waals surface area contributed by atoms with Crippen LogP contribution in [0.2, 0.25) is 0 Å². The van der Waals surface area contributed by atoms with Gasteiger partial charge < -0.3 is 10.5 Å². The van der Waals surface area contributed by atoms with Gasteiger partial charge in [-0.2, -0.15) is 0 Å². The minimum atomic E-state index is -0.920. The van der Waals surface area contributed by atoms with Crippen LogP contribution >= 0.6 is 0 Å². The zero-order valence-electron chi connectivity index (χ0n) is 11.2. The lowest BCUT2D eigenvalue weighted by Gasteiger charge is -2.23. The molecule has 1 aromatic rings. The van der Waals surface area contributed by atoms with E-state index in [1.807, 2.05) is 0 Å². The van der Waals surface area contributed by atoms with E-state index in [-0.39, 0.29) is 0 Å². The van der Waals surface area contributed by atoms with E-state index in [1.54, 1.807) is 24.3 Å². The molecule has 0 aromatic heterocycles. The summed E-state index contributed by atoms with van der Waals surface area (Å²) < 4.78 is 4.69. The molecule has 6 nitrogen and oxygen atoms in total. The highest BCUT2D eigenvalue weighted by molar-refractivity contribution is 6.22. The van der Waals surface area contributed by atoms with E-state index >= 15 is 0 Å². The van der Waals surface area contributed by atoms with E-state index in [1.165, 1.54) is 7.11 Å². The highest BCUT2D eigenvalue weighted by Gasteiger charge is 2.42. The van der Waals surface area contributed by atoms with Crippen molar-refractivity contribution in [1.29, 1.82) is 0 Å². The molecule has 2 rings (SSSR count). The van der Waals surface area contributed by atoms with Crippen molar-refractivity contribution < 1.29 is 19.1 Å². The summed E-state index contributed by atoms with van der Waals surface area (Å²) in [5, 5.41) is 0. The fraction of sp³-hybridized carbons (Fsp3) is 0.357. The summed E-state index contributed by atoms with van der Waals surface area (Å²) in [7, 11) is 1.23. The second kappa shape index (κ2) is 5.83. The van der Waals surface area contributed by atoms with Crippen LogP contribution in [0.1, 0.15) is 33.6 Å². The number of nitrogens with zero attached hydrogens (tertiary/aromatic N) is 1. The maximum atomic E-state index is 12.3. The Morgan fingerprint density at radius 1 is 1.25 bits per heavy atom. The van der Waals surface area contributed by atoms with E-state index in [4.69, 9.17) is 10.5 Å². The maximum absolute atomic E-state index is 12.3. The van der Waals surface area contributed by atoms with Crippen molar-refractivity contribution in [3.8, 4) is 0 Å². The lowest BCUT2D eigenvalue weighted by Crippen LogP contribution is -2.45. The number of imide groups is 1. The standard InChI is InChI=1S/C14H16N2O4/c1-20-14(19)11(7-4-8-15)16-12(17)9-5-2-3-6-10(9)13(16)18/h2-3,5-6,11H,4,7-8,15H2,1H3/t11-/m0/s1. The number of carbonyl (C=O) groups is 3. The van der Waals surface area contributed by atoms with Crippen LogP contribution in [0.3, 0.4) is 0 Å². The van der Waals surface area contributed by atoms with Gasteiger partial charge in [0.05, 0.1) is 18.2 Å². The van der Waals surface area contributed by atoms with Gasteiger partial charge in [0.2, 0.25) is 0 Å². The Morgan fingerprint density at radius 3 is 2.25 bits per heavy atom. The molecule has 0 unspecified atom stereocenters. The van der Waals surface area contributed by atoms with Crippen LogP contribution in [0.4, 0.5) is 0 Å². The number of esters is 1. The van der Waals surface area contributed by atoms with Crippen molar-refractivity contribution in [2.45, 2.75) is 18.9 Å². The van der Waals surface area contributed by atoms with Gasteiger partial charge in [0.25, 0.3) is 11.8 Å². The third-order valence-corrected chi connectivity index (χ3v) is 3.29. The first-order valence-corrected chi connectivity index (χ1v) is 6.36. The molecular formula is C14H16N2O4. The largest absolute Gasteiger partial charge is 0.467 e. The molecule has 2 N–H and O–H groups in total. The SMILES string of the molecule is COC(=O)[C@H](CCCN)N1C(=O)c2ccccc2C1=O. The fourth-order valence-electron chi connectivity index (χ4n) is 2.29. The van der Waals surface area contributed by atoms with Crippen LogP contribution in [0.25, 0.3) is 0 Å². The number of hydrogen-bond donors (Lipinski definition) is 1. The number of amides is 2. The topological polar surface area (TPSA) is 89.7 Å². The number of nitrogens with two attached hydrogens (primary N) is 1. The van der Waals surface area contributed by atoms with Crippen molar-refractivity contribution in [1.82, 2.24) is 4.90 Å². The Kier molecular flexibility index (Phi) is 4.14. The van der Waals surface area contributed by atoms with Gasteiger partial charge in [0.15, 0.2) is 0 Å². The Bertz CT molecular complexity index is 521. The van der Waals surface area contributed by atoms with Crippen LogP contribution in [-0.2, 0) is 9.53 Å². The van der Waals surface area contributed by atoms with Gasteiger partial charge in [-0.1, -0.05) is 12.1 Å². The van der Waals surface area contributed by atoms with E-state index in [9.17, 15) is 14.4 Å². The Labute approximate surface area is 116 Å². The Balaban J connectivity index is 2.34. The summed E-state index contributed by atoms with van der Waals surface area (Å²) in [4.78, 5) is 37.4. The van der Waals surface area contributed by atoms with Crippen LogP contribution < -0.4 is 5.73 Å². The molecule has 1 aliphatic rings. The molecule has 0 spiro atoms. The normalized spacial score (nSPS) is 15.2. The first kappa shape index (κ1) is 14.2. The van der Waals surface area contributed by atoms with Gasteiger partial charge in [-0.05, 0) is 31.5 Å². The number of hydrogen-bond acceptors (Lipinski definition) is 5. The molecule has 6 heteroatoms. The summed E-state index contributed by atoms with van der Waals surface area (Å²) in [6, 6.07) is 5.59.